The molecule has 3 heterocycles. The van der Waals surface area contributed by atoms with Crippen molar-refractivity contribution in [2.75, 3.05) is 7.11 Å². The fourth-order valence-electron chi connectivity index (χ4n) is 4.20. The standard InChI is InChI=1S/C22H18N2O3/c1-27-15-9-7-13(8-10-15)18-19(22(26)23-21(18)25)17-12-24-11-3-5-14-4-2-6-16(17)20(14)24/h2,4,6-10,12H,3,5,11H2,1H3,(H,23,25,26). The van der Waals surface area contributed by atoms with Gasteiger partial charge < -0.3 is 9.30 Å². The van der Waals surface area contributed by atoms with E-state index < -0.39 is 0 Å². The van der Waals surface area contributed by atoms with Crippen molar-refractivity contribution in [3.63, 3.8) is 0 Å². The molecule has 2 aromatic carbocycles. The number of hydrogen-bond donors (Lipinski definition) is 1. The number of benzene rings is 2. The number of carbonyl (C=O) groups is 2. The number of methoxy groups -OCH3 is 1. The van der Waals surface area contributed by atoms with Crippen LogP contribution in [0.25, 0.3) is 22.0 Å². The molecule has 0 spiro atoms. The first kappa shape index (κ1) is 15.9. The maximum Gasteiger partial charge on any atom is 0.259 e. The number of aromatic nitrogens is 1. The van der Waals surface area contributed by atoms with Crippen LogP contribution >= 0.6 is 0 Å². The molecule has 5 rings (SSSR count). The smallest absolute Gasteiger partial charge is 0.259 e. The van der Waals surface area contributed by atoms with Crippen LogP contribution in [-0.4, -0.2) is 23.5 Å². The van der Waals surface area contributed by atoms with Gasteiger partial charge >= 0.3 is 0 Å². The number of para-hydroxylation sites is 1. The number of ether oxygens (including phenoxy) is 1. The summed E-state index contributed by atoms with van der Waals surface area (Å²) in [5, 5.41) is 3.50. The molecule has 0 atom stereocenters. The van der Waals surface area contributed by atoms with Crippen LogP contribution < -0.4 is 10.1 Å². The predicted molar refractivity (Wildman–Crippen MR) is 103 cm³/mol. The molecular weight excluding hydrogens is 340 g/mol. The SMILES string of the molecule is COc1ccc(C2=C(c3cn4c5c(cccc35)CCC4)C(=O)NC2=O)cc1. The van der Waals surface area contributed by atoms with E-state index in [9.17, 15) is 9.59 Å². The molecule has 1 aromatic heterocycles. The van der Waals surface area contributed by atoms with Gasteiger partial charge in [0.1, 0.15) is 5.75 Å². The van der Waals surface area contributed by atoms with Crippen LogP contribution in [-0.2, 0) is 22.6 Å². The fourth-order valence-corrected chi connectivity index (χ4v) is 4.20. The van der Waals surface area contributed by atoms with E-state index in [1.807, 2.05) is 30.5 Å². The van der Waals surface area contributed by atoms with E-state index in [1.165, 1.54) is 11.1 Å². The lowest BCUT2D eigenvalue weighted by atomic mass is 9.95. The molecular formula is C22H18N2O3. The molecule has 5 nitrogen and oxygen atoms in total. The zero-order valence-electron chi connectivity index (χ0n) is 14.9. The Balaban J connectivity index is 1.77. The van der Waals surface area contributed by atoms with Gasteiger partial charge in [-0.15, -0.1) is 0 Å². The highest BCUT2D eigenvalue weighted by molar-refractivity contribution is 6.50. The van der Waals surface area contributed by atoms with E-state index in [4.69, 9.17) is 4.74 Å². The van der Waals surface area contributed by atoms with Gasteiger partial charge in [0, 0.05) is 23.7 Å². The van der Waals surface area contributed by atoms with Gasteiger partial charge in [0.05, 0.1) is 23.8 Å². The first-order valence-electron chi connectivity index (χ1n) is 9.03. The Bertz CT molecular complexity index is 1140. The van der Waals surface area contributed by atoms with E-state index in [0.29, 0.717) is 22.5 Å². The zero-order chi connectivity index (χ0) is 18.5. The molecule has 134 valence electrons. The summed E-state index contributed by atoms with van der Waals surface area (Å²) in [5.74, 6) is 0.0133. The van der Waals surface area contributed by atoms with Crippen LogP contribution in [0.4, 0.5) is 0 Å². The number of nitrogens with zero attached hydrogens (tertiary/aromatic N) is 1. The first-order chi connectivity index (χ1) is 13.2. The van der Waals surface area contributed by atoms with E-state index >= 15 is 0 Å². The minimum Gasteiger partial charge on any atom is -0.497 e. The highest BCUT2D eigenvalue weighted by Gasteiger charge is 2.34. The van der Waals surface area contributed by atoms with Crippen molar-refractivity contribution in [1.29, 1.82) is 0 Å². The van der Waals surface area contributed by atoms with Gasteiger partial charge in [0.2, 0.25) is 0 Å². The van der Waals surface area contributed by atoms with Crippen molar-refractivity contribution in [2.24, 2.45) is 0 Å². The molecule has 0 radical (unpaired) electrons. The average molecular weight is 358 g/mol. The highest BCUT2D eigenvalue weighted by atomic mass is 16.5. The summed E-state index contributed by atoms with van der Waals surface area (Å²) in [5.41, 5.74) is 4.87. The molecule has 3 aromatic rings. The molecule has 0 saturated heterocycles. The van der Waals surface area contributed by atoms with Gasteiger partial charge in [-0.05, 0) is 36.1 Å². The van der Waals surface area contributed by atoms with Gasteiger partial charge in [0.25, 0.3) is 11.8 Å². The Morgan fingerprint density at radius 3 is 2.56 bits per heavy atom. The van der Waals surface area contributed by atoms with Gasteiger partial charge in [-0.25, -0.2) is 0 Å². The molecule has 0 bridgehead atoms. The largest absolute Gasteiger partial charge is 0.497 e. The van der Waals surface area contributed by atoms with Crippen molar-refractivity contribution in [3.8, 4) is 5.75 Å². The minimum atomic E-state index is -0.355. The van der Waals surface area contributed by atoms with Crippen LogP contribution in [0.3, 0.4) is 0 Å². The molecule has 0 aliphatic carbocycles. The average Bonchev–Trinajstić information content (AvgIpc) is 3.20. The lowest BCUT2D eigenvalue weighted by molar-refractivity contribution is -0.122. The number of amides is 2. The van der Waals surface area contributed by atoms with E-state index in [1.54, 1.807) is 19.2 Å². The predicted octanol–water partition coefficient (Wildman–Crippen LogP) is 3.16. The third-order valence-electron chi connectivity index (χ3n) is 5.41. The second-order valence-corrected chi connectivity index (χ2v) is 6.91. The van der Waals surface area contributed by atoms with E-state index in [2.05, 4.69) is 16.0 Å². The molecule has 0 unspecified atom stereocenters. The summed E-state index contributed by atoms with van der Waals surface area (Å²) < 4.78 is 7.41. The quantitative estimate of drug-likeness (QED) is 0.732. The number of hydrogen-bond acceptors (Lipinski definition) is 3. The van der Waals surface area contributed by atoms with Crippen molar-refractivity contribution in [2.45, 2.75) is 19.4 Å². The van der Waals surface area contributed by atoms with Gasteiger partial charge in [0.15, 0.2) is 0 Å². The molecule has 2 amide bonds. The van der Waals surface area contributed by atoms with Crippen LogP contribution in [0.2, 0.25) is 0 Å². The second kappa shape index (κ2) is 5.84. The number of aryl methyl sites for hydroxylation is 2. The maximum atomic E-state index is 12.7. The summed E-state index contributed by atoms with van der Waals surface area (Å²) in [6.45, 7) is 0.925. The number of rotatable bonds is 3. The fraction of sp³-hybridized carbons (Fsp3) is 0.182. The molecule has 2 aliphatic heterocycles. The van der Waals surface area contributed by atoms with Crippen molar-refractivity contribution in [1.82, 2.24) is 9.88 Å². The van der Waals surface area contributed by atoms with E-state index in [-0.39, 0.29) is 11.8 Å². The van der Waals surface area contributed by atoms with Crippen molar-refractivity contribution in [3.05, 3.63) is 65.4 Å². The van der Waals surface area contributed by atoms with Gasteiger partial charge in [-0.1, -0.05) is 30.3 Å². The molecule has 0 fully saturated rings. The molecule has 5 heteroatoms. The molecule has 27 heavy (non-hydrogen) atoms. The highest BCUT2D eigenvalue weighted by Crippen LogP contribution is 2.38. The summed E-state index contributed by atoms with van der Waals surface area (Å²) in [6, 6.07) is 13.4. The van der Waals surface area contributed by atoms with Crippen LogP contribution in [0, 0.1) is 0 Å². The Hall–Kier alpha value is -3.34. The lowest BCUT2D eigenvalue weighted by Crippen LogP contribution is -2.22. The Morgan fingerprint density at radius 2 is 1.78 bits per heavy atom. The topological polar surface area (TPSA) is 60.3 Å². The molecule has 0 saturated carbocycles. The third-order valence-corrected chi connectivity index (χ3v) is 5.41. The Kier molecular flexibility index (Phi) is 3.44. The van der Waals surface area contributed by atoms with Gasteiger partial charge in [-0.2, -0.15) is 0 Å². The monoisotopic (exact) mass is 358 g/mol. The summed E-state index contributed by atoms with van der Waals surface area (Å²) in [4.78, 5) is 25.3. The van der Waals surface area contributed by atoms with Crippen LogP contribution in [0.5, 0.6) is 5.75 Å². The first-order valence-corrected chi connectivity index (χ1v) is 9.03. The van der Waals surface area contributed by atoms with Gasteiger partial charge in [-0.3, -0.25) is 14.9 Å². The minimum absolute atomic E-state index is 0.338. The number of imide groups is 1. The van der Waals surface area contributed by atoms with Crippen LogP contribution in [0.15, 0.2) is 48.7 Å². The van der Waals surface area contributed by atoms with Crippen molar-refractivity contribution >= 4 is 33.9 Å². The lowest BCUT2D eigenvalue weighted by Gasteiger charge is -2.14. The molecule has 2 aliphatic rings. The molecule has 1 N–H and O–H groups in total. The second-order valence-electron chi connectivity index (χ2n) is 6.91. The Labute approximate surface area is 156 Å². The number of nitrogens with one attached hydrogen (secondary N) is 1. The van der Waals surface area contributed by atoms with Crippen LogP contribution in [0.1, 0.15) is 23.1 Å². The third kappa shape index (κ3) is 2.31. The number of carbonyl (C=O) groups excluding carboxylic acids is 2. The summed E-state index contributed by atoms with van der Waals surface area (Å²) in [7, 11) is 1.60. The summed E-state index contributed by atoms with van der Waals surface area (Å²) in [6.07, 6.45) is 4.14. The normalized spacial score (nSPS) is 16.2. The Morgan fingerprint density at radius 1 is 1.00 bits per heavy atom. The van der Waals surface area contributed by atoms with E-state index in [0.717, 1.165) is 30.3 Å². The zero-order valence-corrected chi connectivity index (χ0v) is 14.9. The summed E-state index contributed by atoms with van der Waals surface area (Å²) >= 11 is 0. The van der Waals surface area contributed by atoms with Crippen molar-refractivity contribution < 1.29 is 14.3 Å². The maximum absolute atomic E-state index is 12.7.